The van der Waals surface area contributed by atoms with E-state index in [4.69, 9.17) is 0 Å². The summed E-state index contributed by atoms with van der Waals surface area (Å²) >= 11 is 0. The quantitative estimate of drug-likeness (QED) is 0.772. The summed E-state index contributed by atoms with van der Waals surface area (Å²) in [6, 6.07) is 8.38. The summed E-state index contributed by atoms with van der Waals surface area (Å²) in [6.45, 7) is 2.10. The van der Waals surface area contributed by atoms with Crippen LogP contribution in [-0.2, 0) is 6.54 Å². The van der Waals surface area contributed by atoms with Gasteiger partial charge in [0.2, 0.25) is 0 Å². The van der Waals surface area contributed by atoms with Gasteiger partial charge < -0.3 is 15.4 Å². The highest BCUT2D eigenvalue weighted by atomic mass is 16.3. The van der Waals surface area contributed by atoms with Crippen molar-refractivity contribution in [3.05, 3.63) is 36.0 Å². The van der Waals surface area contributed by atoms with Crippen LogP contribution in [0.4, 0.5) is 0 Å². The molecule has 19 heavy (non-hydrogen) atoms. The van der Waals surface area contributed by atoms with Gasteiger partial charge in [0, 0.05) is 42.2 Å². The summed E-state index contributed by atoms with van der Waals surface area (Å²) in [7, 11) is 0. The molecule has 3 nitrogen and oxygen atoms in total. The maximum absolute atomic E-state index is 9.60. The number of fused-ring (bicyclic) bond motifs is 1. The van der Waals surface area contributed by atoms with Gasteiger partial charge in [-0.15, -0.1) is 0 Å². The van der Waals surface area contributed by atoms with Crippen molar-refractivity contribution in [2.45, 2.75) is 32.2 Å². The minimum atomic E-state index is 0.131. The molecule has 1 aromatic heterocycles. The van der Waals surface area contributed by atoms with Gasteiger partial charge in [0.05, 0.1) is 0 Å². The van der Waals surface area contributed by atoms with Crippen LogP contribution in [-0.4, -0.2) is 23.2 Å². The fourth-order valence-corrected chi connectivity index (χ4v) is 3.26. The van der Waals surface area contributed by atoms with Crippen molar-refractivity contribution in [2.75, 3.05) is 13.2 Å². The average Bonchev–Trinajstić information content (AvgIpc) is 3.07. The maximum Gasteiger partial charge on any atom is 0.0499 e. The zero-order valence-electron chi connectivity index (χ0n) is 11.3. The summed E-state index contributed by atoms with van der Waals surface area (Å²) in [5.74, 6) is 0. The maximum atomic E-state index is 9.60. The molecule has 3 heteroatoms. The molecular formula is C16H22N2O. The first-order valence-electron chi connectivity index (χ1n) is 7.20. The molecule has 1 saturated carbocycles. The van der Waals surface area contributed by atoms with Crippen LogP contribution in [0.1, 0.15) is 31.2 Å². The third-order valence-corrected chi connectivity index (χ3v) is 4.49. The molecule has 1 aromatic carbocycles. The molecule has 0 aliphatic heterocycles. The minimum absolute atomic E-state index is 0.131. The number of nitrogens with one attached hydrogen (secondary N) is 2. The smallest absolute Gasteiger partial charge is 0.0499 e. The van der Waals surface area contributed by atoms with E-state index in [2.05, 4.69) is 40.8 Å². The zero-order chi connectivity index (χ0) is 13.1. The Balaban J connectivity index is 1.63. The van der Waals surface area contributed by atoms with Crippen molar-refractivity contribution in [1.82, 2.24) is 10.3 Å². The Labute approximate surface area is 114 Å². The van der Waals surface area contributed by atoms with E-state index in [1.165, 1.54) is 29.3 Å². The first-order valence-corrected chi connectivity index (χ1v) is 7.20. The lowest BCUT2D eigenvalue weighted by atomic mass is 9.87. The van der Waals surface area contributed by atoms with E-state index in [9.17, 15) is 5.11 Å². The van der Waals surface area contributed by atoms with E-state index in [1.807, 2.05) is 0 Å². The lowest BCUT2D eigenvalue weighted by molar-refractivity contribution is 0.128. The lowest BCUT2D eigenvalue weighted by Gasteiger charge is -2.26. The number of para-hydroxylation sites is 1. The van der Waals surface area contributed by atoms with Gasteiger partial charge in [0.1, 0.15) is 0 Å². The number of rotatable bonds is 5. The molecule has 3 rings (SSSR count). The second kappa shape index (κ2) is 5.35. The van der Waals surface area contributed by atoms with Crippen molar-refractivity contribution in [3.63, 3.8) is 0 Å². The van der Waals surface area contributed by atoms with E-state index in [0.29, 0.717) is 6.61 Å². The first-order chi connectivity index (χ1) is 9.33. The van der Waals surface area contributed by atoms with Gasteiger partial charge in [-0.25, -0.2) is 0 Å². The van der Waals surface area contributed by atoms with Crippen LogP contribution in [0.5, 0.6) is 0 Å². The summed E-state index contributed by atoms with van der Waals surface area (Å²) in [5.41, 5.74) is 2.63. The average molecular weight is 258 g/mol. The molecule has 0 saturated heterocycles. The second-order valence-corrected chi connectivity index (χ2v) is 5.83. The van der Waals surface area contributed by atoms with Crippen molar-refractivity contribution in [3.8, 4) is 0 Å². The molecule has 102 valence electrons. The highest BCUT2D eigenvalue weighted by Gasteiger charge is 2.32. The molecular weight excluding hydrogens is 236 g/mol. The van der Waals surface area contributed by atoms with Crippen molar-refractivity contribution < 1.29 is 5.11 Å². The van der Waals surface area contributed by atoms with Crippen LogP contribution in [0.2, 0.25) is 0 Å². The number of aromatic amines is 1. The largest absolute Gasteiger partial charge is 0.396 e. The van der Waals surface area contributed by atoms with E-state index in [-0.39, 0.29) is 5.41 Å². The van der Waals surface area contributed by atoms with Crippen LogP contribution in [0.25, 0.3) is 10.9 Å². The number of benzene rings is 1. The van der Waals surface area contributed by atoms with Gasteiger partial charge >= 0.3 is 0 Å². The van der Waals surface area contributed by atoms with Crippen molar-refractivity contribution >= 4 is 10.9 Å². The Kier molecular flexibility index (Phi) is 3.58. The molecule has 0 bridgehead atoms. The molecule has 1 aliphatic rings. The number of hydrogen-bond acceptors (Lipinski definition) is 2. The fourth-order valence-electron chi connectivity index (χ4n) is 3.26. The summed E-state index contributed by atoms with van der Waals surface area (Å²) in [5, 5.41) is 14.4. The monoisotopic (exact) mass is 258 g/mol. The van der Waals surface area contributed by atoms with E-state index >= 15 is 0 Å². The van der Waals surface area contributed by atoms with Crippen LogP contribution >= 0.6 is 0 Å². The van der Waals surface area contributed by atoms with Gasteiger partial charge in [-0.2, -0.15) is 0 Å². The highest BCUT2D eigenvalue weighted by Crippen LogP contribution is 2.37. The van der Waals surface area contributed by atoms with Gasteiger partial charge in [0.25, 0.3) is 0 Å². The first kappa shape index (κ1) is 12.7. The van der Waals surface area contributed by atoms with Crippen molar-refractivity contribution in [1.29, 1.82) is 0 Å². The van der Waals surface area contributed by atoms with Gasteiger partial charge in [-0.05, 0) is 24.5 Å². The number of hydrogen-bond donors (Lipinski definition) is 3. The molecule has 1 heterocycles. The molecule has 3 N–H and O–H groups in total. The molecule has 0 spiro atoms. The SMILES string of the molecule is OCC1(CNCc2c[nH]c3ccccc23)CCCC1. The molecule has 1 aliphatic carbocycles. The Morgan fingerprint density at radius 2 is 2.00 bits per heavy atom. The molecule has 0 atom stereocenters. The second-order valence-electron chi connectivity index (χ2n) is 5.83. The number of H-pyrrole nitrogens is 1. The summed E-state index contributed by atoms with van der Waals surface area (Å²) in [6.07, 6.45) is 6.91. The summed E-state index contributed by atoms with van der Waals surface area (Å²) < 4.78 is 0. The van der Waals surface area contributed by atoms with E-state index in [0.717, 1.165) is 25.9 Å². The Hall–Kier alpha value is -1.32. The molecule has 0 unspecified atom stereocenters. The zero-order valence-corrected chi connectivity index (χ0v) is 11.3. The molecule has 0 amide bonds. The predicted molar refractivity (Wildman–Crippen MR) is 78.0 cm³/mol. The number of aromatic nitrogens is 1. The molecule has 2 aromatic rings. The van der Waals surface area contributed by atoms with Crippen LogP contribution in [0, 0.1) is 5.41 Å². The Bertz CT molecular complexity index is 540. The van der Waals surface area contributed by atoms with Gasteiger partial charge in [-0.3, -0.25) is 0 Å². The minimum Gasteiger partial charge on any atom is -0.396 e. The van der Waals surface area contributed by atoms with Crippen LogP contribution < -0.4 is 5.32 Å². The summed E-state index contributed by atoms with van der Waals surface area (Å²) in [4.78, 5) is 3.30. The highest BCUT2D eigenvalue weighted by molar-refractivity contribution is 5.82. The standard InChI is InChI=1S/C16H22N2O/c19-12-16(7-3-4-8-16)11-17-9-13-10-18-15-6-2-1-5-14(13)15/h1-2,5-6,10,17-19H,3-4,7-9,11-12H2. The fraction of sp³-hybridized carbons (Fsp3) is 0.500. The molecule has 0 radical (unpaired) electrons. The Morgan fingerprint density at radius 1 is 1.21 bits per heavy atom. The Morgan fingerprint density at radius 3 is 2.79 bits per heavy atom. The lowest BCUT2D eigenvalue weighted by Crippen LogP contribution is -2.34. The number of aliphatic hydroxyl groups is 1. The third kappa shape index (κ3) is 2.53. The van der Waals surface area contributed by atoms with Gasteiger partial charge in [-0.1, -0.05) is 31.0 Å². The van der Waals surface area contributed by atoms with Crippen LogP contribution in [0.15, 0.2) is 30.5 Å². The molecule has 1 fully saturated rings. The van der Waals surface area contributed by atoms with E-state index in [1.54, 1.807) is 0 Å². The van der Waals surface area contributed by atoms with E-state index < -0.39 is 0 Å². The predicted octanol–water partition coefficient (Wildman–Crippen LogP) is 2.81. The van der Waals surface area contributed by atoms with Gasteiger partial charge in [0.15, 0.2) is 0 Å². The topological polar surface area (TPSA) is 48.0 Å². The number of aliphatic hydroxyl groups excluding tert-OH is 1. The van der Waals surface area contributed by atoms with Crippen molar-refractivity contribution in [2.24, 2.45) is 5.41 Å². The third-order valence-electron chi connectivity index (χ3n) is 4.49. The van der Waals surface area contributed by atoms with Crippen LogP contribution in [0.3, 0.4) is 0 Å². The normalized spacial score (nSPS) is 18.2.